The average molecular weight is 447 g/mol. The minimum Gasteiger partial charge on any atom is -0.337 e. The predicted molar refractivity (Wildman–Crippen MR) is 124 cm³/mol. The number of nitrogens with zero attached hydrogens (tertiary/aromatic N) is 6. The van der Waals surface area contributed by atoms with Crippen LogP contribution in [0.1, 0.15) is 46.8 Å². The van der Waals surface area contributed by atoms with Crippen LogP contribution < -0.4 is 0 Å². The van der Waals surface area contributed by atoms with E-state index in [1.807, 2.05) is 33.6 Å². The molecule has 1 atom stereocenters. The highest BCUT2D eigenvalue weighted by atomic mass is 32.2. The van der Waals surface area contributed by atoms with E-state index in [1.165, 1.54) is 4.90 Å². The molecule has 1 saturated heterocycles. The highest BCUT2D eigenvalue weighted by molar-refractivity contribution is 7.98. The molecule has 4 heterocycles. The molecule has 0 spiro atoms. The van der Waals surface area contributed by atoms with Gasteiger partial charge >= 0.3 is 0 Å². The third kappa shape index (κ3) is 3.33. The second-order valence-electron chi connectivity index (χ2n) is 9.12. The van der Waals surface area contributed by atoms with E-state index < -0.39 is 0 Å². The van der Waals surface area contributed by atoms with Gasteiger partial charge in [0.15, 0.2) is 0 Å². The zero-order valence-electron chi connectivity index (χ0n) is 18.4. The molecule has 164 valence electrons. The van der Waals surface area contributed by atoms with Gasteiger partial charge in [-0.2, -0.15) is 5.10 Å². The Morgan fingerprint density at radius 3 is 2.78 bits per heavy atom. The summed E-state index contributed by atoms with van der Waals surface area (Å²) < 4.78 is 1.81. The van der Waals surface area contributed by atoms with Crippen LogP contribution in [0.2, 0.25) is 0 Å². The van der Waals surface area contributed by atoms with Crippen LogP contribution in [0.5, 0.6) is 0 Å². The largest absolute Gasteiger partial charge is 0.337 e. The minimum atomic E-state index is 0.0854. The Kier molecular flexibility index (Phi) is 4.80. The van der Waals surface area contributed by atoms with E-state index in [-0.39, 0.29) is 5.91 Å². The van der Waals surface area contributed by atoms with Gasteiger partial charge < -0.3 is 9.80 Å². The maximum atomic E-state index is 13.4. The number of hydrogen-bond donors (Lipinski definition) is 0. The van der Waals surface area contributed by atoms with Gasteiger partial charge in [-0.15, -0.1) is 11.8 Å². The van der Waals surface area contributed by atoms with Crippen molar-refractivity contribution in [2.24, 2.45) is 0 Å². The van der Waals surface area contributed by atoms with E-state index in [4.69, 9.17) is 4.98 Å². The van der Waals surface area contributed by atoms with Gasteiger partial charge in [-0.1, -0.05) is 18.2 Å². The molecule has 1 saturated carbocycles. The first kappa shape index (κ1) is 19.9. The van der Waals surface area contributed by atoms with Gasteiger partial charge in [-0.3, -0.25) is 4.79 Å². The highest BCUT2D eigenvalue weighted by Gasteiger charge is 2.37. The smallest absolute Gasteiger partial charge is 0.257 e. The first-order chi connectivity index (χ1) is 15.6. The number of carbonyl (C=O) groups excluding carboxylic acids is 1. The van der Waals surface area contributed by atoms with Crippen LogP contribution in [0.15, 0.2) is 41.6 Å². The van der Waals surface area contributed by atoms with Crippen molar-refractivity contribution in [2.45, 2.75) is 41.9 Å². The normalized spacial score (nSPS) is 19.8. The number of thioether (sulfide) groups is 1. The Labute approximate surface area is 191 Å². The standard InChI is InChI=1S/C24H26N6OS/c1-28(2)17-9-10-29(13-17)23(31)19-12-26-30(22(19)15-7-8-15)24-25-11-16-14-32-20-6-4-3-5-18(20)21(16)27-24/h3-6,11-12,15,17H,7-10,13-14H2,1-2H3/t17-/m0/s1. The summed E-state index contributed by atoms with van der Waals surface area (Å²) in [4.78, 5) is 28.4. The van der Waals surface area contributed by atoms with Crippen LogP contribution in [0, 0.1) is 0 Å². The second kappa shape index (κ2) is 7.71. The molecule has 7 nitrogen and oxygen atoms in total. The van der Waals surface area contributed by atoms with Gasteiger partial charge in [0, 0.05) is 53.0 Å². The van der Waals surface area contributed by atoms with Crippen molar-refractivity contribution in [3.05, 3.63) is 53.5 Å². The summed E-state index contributed by atoms with van der Waals surface area (Å²) in [6.07, 6.45) is 6.82. The summed E-state index contributed by atoms with van der Waals surface area (Å²) in [6.45, 7) is 1.56. The fourth-order valence-electron chi connectivity index (χ4n) is 4.73. The Balaban J connectivity index is 1.37. The maximum Gasteiger partial charge on any atom is 0.257 e. The molecule has 3 aromatic rings. The molecule has 1 amide bonds. The van der Waals surface area contributed by atoms with Crippen molar-refractivity contribution in [1.29, 1.82) is 0 Å². The third-order valence-corrected chi connectivity index (χ3v) is 7.87. The lowest BCUT2D eigenvalue weighted by molar-refractivity contribution is 0.0782. The Hall–Kier alpha value is -2.71. The van der Waals surface area contributed by atoms with E-state index in [2.05, 4.69) is 47.3 Å². The highest BCUT2D eigenvalue weighted by Crippen LogP contribution is 2.43. The number of fused-ring (bicyclic) bond motifs is 3. The summed E-state index contributed by atoms with van der Waals surface area (Å²) in [5.74, 6) is 1.86. The van der Waals surface area contributed by atoms with Crippen molar-refractivity contribution in [1.82, 2.24) is 29.5 Å². The van der Waals surface area contributed by atoms with Crippen LogP contribution in [-0.2, 0) is 5.75 Å². The second-order valence-corrected chi connectivity index (χ2v) is 10.1. The molecule has 1 aliphatic carbocycles. The van der Waals surface area contributed by atoms with Crippen molar-refractivity contribution < 1.29 is 4.79 Å². The van der Waals surface area contributed by atoms with Crippen LogP contribution in [-0.4, -0.2) is 68.7 Å². The lowest BCUT2D eigenvalue weighted by Crippen LogP contribution is -2.34. The number of rotatable bonds is 4. The molecule has 2 aromatic heterocycles. The summed E-state index contributed by atoms with van der Waals surface area (Å²) in [5.41, 5.74) is 4.94. The number of amides is 1. The molecule has 32 heavy (non-hydrogen) atoms. The van der Waals surface area contributed by atoms with Gasteiger partial charge in [0.1, 0.15) is 0 Å². The molecule has 0 N–H and O–H groups in total. The van der Waals surface area contributed by atoms with Gasteiger partial charge in [0.25, 0.3) is 11.9 Å². The summed E-state index contributed by atoms with van der Waals surface area (Å²) >= 11 is 1.82. The third-order valence-electron chi connectivity index (χ3n) is 6.75. The molecular weight excluding hydrogens is 420 g/mol. The van der Waals surface area contributed by atoms with E-state index in [0.717, 1.165) is 60.6 Å². The fraction of sp³-hybridized carbons (Fsp3) is 0.417. The SMILES string of the molecule is CN(C)[C@H]1CCN(C(=O)c2cnn(-c3ncc4c(n3)-c3ccccc3SC4)c2C2CC2)C1. The van der Waals surface area contributed by atoms with Crippen molar-refractivity contribution in [3.8, 4) is 17.2 Å². The monoisotopic (exact) mass is 446 g/mol. The van der Waals surface area contributed by atoms with E-state index in [9.17, 15) is 4.79 Å². The fourth-order valence-corrected chi connectivity index (χ4v) is 5.75. The molecule has 1 aromatic carbocycles. The molecule has 0 radical (unpaired) electrons. The zero-order valence-corrected chi connectivity index (χ0v) is 19.2. The van der Waals surface area contributed by atoms with E-state index >= 15 is 0 Å². The Bertz CT molecular complexity index is 1200. The lowest BCUT2D eigenvalue weighted by Gasteiger charge is -2.20. The summed E-state index contributed by atoms with van der Waals surface area (Å²) in [7, 11) is 4.16. The Morgan fingerprint density at radius 2 is 2.00 bits per heavy atom. The van der Waals surface area contributed by atoms with Gasteiger partial charge in [0.05, 0.1) is 23.1 Å². The van der Waals surface area contributed by atoms with Crippen molar-refractivity contribution >= 4 is 17.7 Å². The number of benzene rings is 1. The topological polar surface area (TPSA) is 67.2 Å². The van der Waals surface area contributed by atoms with Crippen LogP contribution in [0.3, 0.4) is 0 Å². The Morgan fingerprint density at radius 1 is 1.16 bits per heavy atom. The van der Waals surface area contributed by atoms with Crippen LogP contribution >= 0.6 is 11.8 Å². The van der Waals surface area contributed by atoms with E-state index in [1.54, 1.807) is 6.20 Å². The van der Waals surface area contributed by atoms with Crippen molar-refractivity contribution in [2.75, 3.05) is 27.2 Å². The molecule has 3 aliphatic rings. The molecule has 6 rings (SSSR count). The molecule has 0 bridgehead atoms. The zero-order chi connectivity index (χ0) is 21.8. The number of aromatic nitrogens is 4. The molecule has 2 aliphatic heterocycles. The summed E-state index contributed by atoms with van der Waals surface area (Å²) in [5, 5.41) is 4.63. The van der Waals surface area contributed by atoms with Gasteiger partial charge in [-0.25, -0.2) is 14.6 Å². The number of likely N-dealkylation sites (N-methyl/N-ethyl adjacent to an activating group) is 1. The molecular formula is C24H26N6OS. The molecule has 8 heteroatoms. The first-order valence-corrected chi connectivity index (χ1v) is 12.2. The first-order valence-electron chi connectivity index (χ1n) is 11.2. The number of likely N-dealkylation sites (tertiary alicyclic amines) is 1. The predicted octanol–water partition coefficient (Wildman–Crippen LogP) is 3.59. The molecule has 0 unspecified atom stereocenters. The number of hydrogen-bond acceptors (Lipinski definition) is 6. The summed E-state index contributed by atoms with van der Waals surface area (Å²) in [6, 6.07) is 8.79. The van der Waals surface area contributed by atoms with Crippen LogP contribution in [0.4, 0.5) is 0 Å². The quantitative estimate of drug-likeness (QED) is 0.610. The van der Waals surface area contributed by atoms with Gasteiger partial charge in [0.2, 0.25) is 0 Å². The average Bonchev–Trinajstić information content (AvgIpc) is 3.35. The molecule has 2 fully saturated rings. The lowest BCUT2D eigenvalue weighted by atomic mass is 10.1. The maximum absolute atomic E-state index is 13.4. The minimum absolute atomic E-state index is 0.0854. The number of carbonyl (C=O) groups is 1. The van der Waals surface area contributed by atoms with Gasteiger partial charge in [-0.05, 0) is 39.4 Å². The van der Waals surface area contributed by atoms with Crippen LogP contribution in [0.25, 0.3) is 17.2 Å². The van der Waals surface area contributed by atoms with E-state index in [0.29, 0.717) is 23.5 Å². The van der Waals surface area contributed by atoms with Crippen molar-refractivity contribution in [3.63, 3.8) is 0 Å².